The van der Waals surface area contributed by atoms with Crippen LogP contribution in [0.15, 0.2) is 0 Å². The zero-order valence-corrected chi connectivity index (χ0v) is 10.1. The highest BCUT2D eigenvalue weighted by Gasteiger charge is 2.24. The van der Waals surface area contributed by atoms with Crippen molar-refractivity contribution in [3.05, 3.63) is 17.1 Å². The van der Waals surface area contributed by atoms with Crippen LogP contribution >= 0.6 is 11.8 Å². The Morgan fingerprint density at radius 3 is 2.60 bits per heavy atom. The molecule has 1 aromatic heterocycles. The average molecular weight is 224 g/mol. The molecule has 3 N–H and O–H groups in total. The van der Waals surface area contributed by atoms with Gasteiger partial charge in [-0.2, -0.15) is 11.8 Å². The van der Waals surface area contributed by atoms with Crippen LogP contribution in [-0.4, -0.2) is 9.97 Å². The molecule has 0 spiro atoms. The summed E-state index contributed by atoms with van der Waals surface area (Å²) >= 11 is 1.85. The molecular weight excluding hydrogens is 208 g/mol. The first-order chi connectivity index (χ1) is 7.02. The van der Waals surface area contributed by atoms with Crippen molar-refractivity contribution in [3.8, 4) is 0 Å². The van der Waals surface area contributed by atoms with E-state index >= 15 is 0 Å². The number of hydrogen-bond donors (Lipinski definition) is 2. The van der Waals surface area contributed by atoms with Crippen molar-refractivity contribution >= 4 is 17.6 Å². The SMILES string of the molecule is CC(C)(C)c1nc2c(c(NN)n1)CSC2. The smallest absolute Gasteiger partial charge is 0.148 e. The summed E-state index contributed by atoms with van der Waals surface area (Å²) in [7, 11) is 0. The van der Waals surface area contributed by atoms with Crippen LogP contribution in [0, 0.1) is 0 Å². The first-order valence-electron chi connectivity index (χ1n) is 4.97. The molecule has 0 saturated carbocycles. The number of fused-ring (bicyclic) bond motifs is 1. The Morgan fingerprint density at radius 2 is 2.00 bits per heavy atom. The second-order valence-corrected chi connectivity index (χ2v) is 5.69. The van der Waals surface area contributed by atoms with Gasteiger partial charge in [0.2, 0.25) is 0 Å². The predicted octanol–water partition coefficient (Wildman–Crippen LogP) is 1.81. The van der Waals surface area contributed by atoms with Gasteiger partial charge in [0.15, 0.2) is 0 Å². The Morgan fingerprint density at radius 1 is 1.27 bits per heavy atom. The summed E-state index contributed by atoms with van der Waals surface area (Å²) in [5, 5.41) is 0. The van der Waals surface area contributed by atoms with Crippen LogP contribution in [-0.2, 0) is 16.9 Å². The highest BCUT2D eigenvalue weighted by molar-refractivity contribution is 7.98. The number of rotatable bonds is 1. The van der Waals surface area contributed by atoms with Crippen LogP contribution in [0.2, 0.25) is 0 Å². The number of nitrogens with two attached hydrogens (primary N) is 1. The van der Waals surface area contributed by atoms with Crippen molar-refractivity contribution in [1.82, 2.24) is 9.97 Å². The van der Waals surface area contributed by atoms with Gasteiger partial charge in [0.05, 0.1) is 5.69 Å². The van der Waals surface area contributed by atoms with Gasteiger partial charge in [-0.05, 0) is 0 Å². The molecule has 0 atom stereocenters. The quantitative estimate of drug-likeness (QED) is 0.562. The van der Waals surface area contributed by atoms with Crippen molar-refractivity contribution < 1.29 is 0 Å². The highest BCUT2D eigenvalue weighted by Crippen LogP contribution is 2.34. The lowest BCUT2D eigenvalue weighted by atomic mass is 9.95. The van der Waals surface area contributed by atoms with Gasteiger partial charge in [-0.15, -0.1) is 0 Å². The van der Waals surface area contributed by atoms with Gasteiger partial charge in [0.25, 0.3) is 0 Å². The van der Waals surface area contributed by atoms with Gasteiger partial charge in [-0.1, -0.05) is 20.8 Å². The molecule has 0 fully saturated rings. The van der Waals surface area contributed by atoms with Gasteiger partial charge in [0, 0.05) is 22.5 Å². The zero-order valence-electron chi connectivity index (χ0n) is 9.29. The molecule has 0 aromatic carbocycles. The van der Waals surface area contributed by atoms with E-state index in [2.05, 4.69) is 36.2 Å². The number of nitrogen functional groups attached to an aromatic ring is 1. The van der Waals surface area contributed by atoms with E-state index in [1.807, 2.05) is 11.8 Å². The van der Waals surface area contributed by atoms with Crippen LogP contribution in [0.1, 0.15) is 37.9 Å². The van der Waals surface area contributed by atoms with E-state index in [1.165, 1.54) is 0 Å². The molecule has 0 aliphatic carbocycles. The normalized spacial score (nSPS) is 15.2. The van der Waals surface area contributed by atoms with Gasteiger partial charge in [-0.25, -0.2) is 15.8 Å². The van der Waals surface area contributed by atoms with Crippen molar-refractivity contribution in [1.29, 1.82) is 0 Å². The van der Waals surface area contributed by atoms with E-state index in [1.54, 1.807) is 0 Å². The first kappa shape index (κ1) is 10.7. The van der Waals surface area contributed by atoms with E-state index in [0.717, 1.165) is 34.4 Å². The molecule has 2 heterocycles. The fourth-order valence-corrected chi connectivity index (χ4v) is 2.55. The van der Waals surface area contributed by atoms with Crippen molar-refractivity contribution in [2.24, 2.45) is 5.84 Å². The van der Waals surface area contributed by atoms with E-state index in [-0.39, 0.29) is 5.41 Å². The fraction of sp³-hybridized carbons (Fsp3) is 0.600. The van der Waals surface area contributed by atoms with Crippen LogP contribution in [0.25, 0.3) is 0 Å². The maximum Gasteiger partial charge on any atom is 0.148 e. The summed E-state index contributed by atoms with van der Waals surface area (Å²) in [5.74, 6) is 9.06. The third kappa shape index (κ3) is 1.94. The highest BCUT2D eigenvalue weighted by atomic mass is 32.2. The maximum absolute atomic E-state index is 5.49. The molecule has 0 saturated heterocycles. The number of nitrogens with one attached hydrogen (secondary N) is 1. The molecule has 15 heavy (non-hydrogen) atoms. The topological polar surface area (TPSA) is 63.8 Å². The summed E-state index contributed by atoms with van der Waals surface area (Å²) in [6, 6.07) is 0. The second kappa shape index (κ2) is 3.64. The summed E-state index contributed by atoms with van der Waals surface area (Å²) in [6.07, 6.45) is 0. The van der Waals surface area contributed by atoms with E-state index in [4.69, 9.17) is 5.84 Å². The predicted molar refractivity (Wildman–Crippen MR) is 63.5 cm³/mol. The first-order valence-corrected chi connectivity index (χ1v) is 6.12. The average Bonchev–Trinajstić information content (AvgIpc) is 2.62. The molecule has 0 bridgehead atoms. The summed E-state index contributed by atoms with van der Waals surface area (Å²) < 4.78 is 0. The minimum Gasteiger partial charge on any atom is -0.308 e. The molecule has 0 unspecified atom stereocenters. The molecule has 2 rings (SSSR count). The molecular formula is C10H16N4S. The van der Waals surface area contributed by atoms with Crippen molar-refractivity contribution in [2.75, 3.05) is 5.43 Å². The van der Waals surface area contributed by atoms with Crippen LogP contribution in [0.5, 0.6) is 0 Å². The lowest BCUT2D eigenvalue weighted by Gasteiger charge is -2.18. The summed E-state index contributed by atoms with van der Waals surface area (Å²) in [4.78, 5) is 9.08. The Labute approximate surface area is 94.0 Å². The monoisotopic (exact) mass is 224 g/mol. The third-order valence-corrected chi connectivity index (χ3v) is 3.36. The Hall–Kier alpha value is -0.810. The molecule has 0 amide bonds. The lowest BCUT2D eigenvalue weighted by Crippen LogP contribution is -2.20. The number of nitrogens with zero attached hydrogens (tertiary/aromatic N) is 2. The standard InChI is InChI=1S/C10H16N4S/c1-10(2,3)9-12-7-5-15-4-6(7)8(13-9)14-11/h4-5,11H2,1-3H3,(H,12,13,14). The van der Waals surface area contributed by atoms with Gasteiger partial charge in [0.1, 0.15) is 11.6 Å². The zero-order chi connectivity index (χ0) is 11.1. The third-order valence-electron chi connectivity index (χ3n) is 2.39. The van der Waals surface area contributed by atoms with Gasteiger partial charge in [-0.3, -0.25) is 0 Å². The van der Waals surface area contributed by atoms with Crippen LogP contribution in [0.3, 0.4) is 0 Å². The van der Waals surface area contributed by atoms with E-state index < -0.39 is 0 Å². The number of thioether (sulfide) groups is 1. The second-order valence-electron chi connectivity index (χ2n) is 4.71. The summed E-state index contributed by atoms with van der Waals surface area (Å²) in [6.45, 7) is 6.32. The van der Waals surface area contributed by atoms with Crippen molar-refractivity contribution in [2.45, 2.75) is 37.7 Å². The molecule has 4 nitrogen and oxygen atoms in total. The minimum atomic E-state index is -0.0338. The maximum atomic E-state index is 5.49. The minimum absolute atomic E-state index is 0.0338. The Balaban J connectivity index is 2.53. The molecule has 1 aliphatic rings. The Bertz CT molecular complexity index is 384. The van der Waals surface area contributed by atoms with Gasteiger partial charge >= 0.3 is 0 Å². The molecule has 82 valence electrons. The molecule has 5 heteroatoms. The summed E-state index contributed by atoms with van der Waals surface area (Å²) in [5.41, 5.74) is 4.94. The Kier molecular flexibility index (Phi) is 2.60. The number of hydrazine groups is 1. The van der Waals surface area contributed by atoms with Gasteiger partial charge < -0.3 is 5.43 Å². The van der Waals surface area contributed by atoms with E-state index in [9.17, 15) is 0 Å². The molecule has 0 radical (unpaired) electrons. The number of hydrogen-bond acceptors (Lipinski definition) is 5. The molecule has 1 aromatic rings. The lowest BCUT2D eigenvalue weighted by molar-refractivity contribution is 0.543. The van der Waals surface area contributed by atoms with Crippen molar-refractivity contribution in [3.63, 3.8) is 0 Å². The van der Waals surface area contributed by atoms with Crippen LogP contribution < -0.4 is 11.3 Å². The van der Waals surface area contributed by atoms with Crippen LogP contribution in [0.4, 0.5) is 5.82 Å². The number of aromatic nitrogens is 2. The largest absolute Gasteiger partial charge is 0.308 e. The van der Waals surface area contributed by atoms with E-state index in [0.29, 0.717) is 0 Å². The molecule has 1 aliphatic heterocycles. The fourth-order valence-electron chi connectivity index (χ4n) is 1.51. The number of anilines is 1.